The normalized spacial score (nSPS) is 23.3. The van der Waals surface area contributed by atoms with Crippen molar-refractivity contribution < 1.29 is 9.90 Å². The lowest BCUT2D eigenvalue weighted by atomic mass is 9.90. The van der Waals surface area contributed by atoms with E-state index in [0.717, 1.165) is 28.3 Å². The van der Waals surface area contributed by atoms with Crippen LogP contribution in [0.15, 0.2) is 36.5 Å². The predicted molar refractivity (Wildman–Crippen MR) is 74.7 cm³/mol. The van der Waals surface area contributed by atoms with E-state index in [1.807, 2.05) is 36.5 Å². The van der Waals surface area contributed by atoms with Gasteiger partial charge in [0.1, 0.15) is 6.29 Å². The van der Waals surface area contributed by atoms with Crippen LogP contribution >= 0.6 is 0 Å². The molecule has 2 atom stereocenters. The molecule has 3 rings (SSSR count). The van der Waals surface area contributed by atoms with Crippen LogP contribution in [0.1, 0.15) is 5.56 Å². The molecule has 1 aromatic heterocycles. The molecular weight excluding hydrogens is 240 g/mol. The molecule has 0 radical (unpaired) electrons. The zero-order valence-electron chi connectivity index (χ0n) is 10.5. The average molecular weight is 256 g/mol. The van der Waals surface area contributed by atoms with E-state index in [-0.39, 0.29) is 18.6 Å². The summed E-state index contributed by atoms with van der Waals surface area (Å²) >= 11 is 0. The first kappa shape index (κ1) is 12.1. The van der Waals surface area contributed by atoms with E-state index >= 15 is 0 Å². The Labute approximate surface area is 111 Å². The van der Waals surface area contributed by atoms with E-state index in [9.17, 15) is 9.90 Å². The van der Waals surface area contributed by atoms with Gasteiger partial charge in [-0.05, 0) is 17.0 Å². The average Bonchev–Trinajstić information content (AvgIpc) is 2.94. The third kappa shape index (κ3) is 2.09. The number of aldehydes is 1. The van der Waals surface area contributed by atoms with Crippen LogP contribution in [0.3, 0.4) is 0 Å². The summed E-state index contributed by atoms with van der Waals surface area (Å²) in [6, 6.07) is 7.94. The summed E-state index contributed by atoms with van der Waals surface area (Å²) in [7, 11) is 0. The van der Waals surface area contributed by atoms with Crippen LogP contribution in [0.4, 0.5) is 0 Å². The summed E-state index contributed by atoms with van der Waals surface area (Å²) in [5.41, 5.74) is 3.07. The summed E-state index contributed by atoms with van der Waals surface area (Å²) in [4.78, 5) is 14.2. The number of fused-ring (bicyclic) bond motifs is 1. The Bertz CT molecular complexity index is 630. The second-order valence-electron chi connectivity index (χ2n) is 4.81. The summed E-state index contributed by atoms with van der Waals surface area (Å²) in [5, 5.41) is 13.8. The van der Waals surface area contributed by atoms with Crippen molar-refractivity contribution in [2.75, 3.05) is 13.2 Å². The third-order valence-electron chi connectivity index (χ3n) is 3.62. The van der Waals surface area contributed by atoms with Gasteiger partial charge in [0.2, 0.25) is 0 Å². The lowest BCUT2D eigenvalue weighted by molar-refractivity contribution is -0.109. The van der Waals surface area contributed by atoms with Crippen molar-refractivity contribution in [3.8, 4) is 0 Å². The smallest absolute Gasteiger partial charge is 0.128 e. The molecule has 0 spiro atoms. The first-order chi connectivity index (χ1) is 9.33. The number of carbonyl (C=O) groups is 1. The molecule has 0 bridgehead atoms. The minimum absolute atomic E-state index is 0.0223. The summed E-state index contributed by atoms with van der Waals surface area (Å²) < 4.78 is 0. The maximum atomic E-state index is 11.0. The number of carbonyl (C=O) groups excluding carboxylic acids is 1. The second kappa shape index (κ2) is 4.99. The molecule has 4 heteroatoms. The van der Waals surface area contributed by atoms with Gasteiger partial charge < -0.3 is 20.2 Å². The van der Waals surface area contributed by atoms with Gasteiger partial charge in [0.15, 0.2) is 0 Å². The predicted octanol–water partition coefficient (Wildman–Crippen LogP) is 1.33. The van der Waals surface area contributed by atoms with Crippen molar-refractivity contribution >= 4 is 22.8 Å². The van der Waals surface area contributed by atoms with Crippen molar-refractivity contribution in [3.63, 3.8) is 0 Å². The van der Waals surface area contributed by atoms with Gasteiger partial charge in [-0.1, -0.05) is 24.3 Å². The number of aliphatic hydroxyl groups is 1. The molecule has 0 saturated carbocycles. The van der Waals surface area contributed by atoms with Crippen molar-refractivity contribution in [2.45, 2.75) is 6.04 Å². The van der Waals surface area contributed by atoms with Crippen LogP contribution in [-0.4, -0.2) is 35.6 Å². The first-order valence-electron chi connectivity index (χ1n) is 6.41. The molecule has 3 N–H and O–H groups in total. The molecule has 1 aliphatic heterocycles. The fourth-order valence-electron chi connectivity index (χ4n) is 2.65. The summed E-state index contributed by atoms with van der Waals surface area (Å²) in [5.74, 6) is -0.136. The lowest BCUT2D eigenvalue weighted by Crippen LogP contribution is -2.41. The van der Waals surface area contributed by atoms with Crippen molar-refractivity contribution in [1.82, 2.24) is 10.3 Å². The van der Waals surface area contributed by atoms with Crippen LogP contribution in [0.25, 0.3) is 16.5 Å². The Hall–Kier alpha value is -1.91. The minimum atomic E-state index is -0.136. The number of hydrogen-bond donors (Lipinski definition) is 3. The van der Waals surface area contributed by atoms with Gasteiger partial charge in [0.05, 0.1) is 18.2 Å². The van der Waals surface area contributed by atoms with Crippen LogP contribution in [-0.2, 0) is 4.79 Å². The van der Waals surface area contributed by atoms with Crippen LogP contribution in [0.5, 0.6) is 0 Å². The highest BCUT2D eigenvalue weighted by molar-refractivity contribution is 5.93. The molecule has 2 unspecified atom stereocenters. The molecule has 1 aromatic carbocycles. The molecule has 0 aliphatic carbocycles. The minimum Gasteiger partial charge on any atom is -0.394 e. The number of H-pyrrole nitrogens is 1. The number of para-hydroxylation sites is 1. The Morgan fingerprint density at radius 3 is 3.05 bits per heavy atom. The molecule has 98 valence electrons. The quantitative estimate of drug-likeness (QED) is 0.726. The highest BCUT2D eigenvalue weighted by atomic mass is 16.3. The monoisotopic (exact) mass is 256 g/mol. The van der Waals surface area contributed by atoms with E-state index in [1.165, 1.54) is 0 Å². The zero-order valence-corrected chi connectivity index (χ0v) is 10.5. The molecule has 4 nitrogen and oxygen atoms in total. The largest absolute Gasteiger partial charge is 0.394 e. The third-order valence-corrected chi connectivity index (χ3v) is 3.62. The molecule has 1 aliphatic rings. The van der Waals surface area contributed by atoms with Gasteiger partial charge in [-0.3, -0.25) is 0 Å². The maximum absolute atomic E-state index is 11.0. The number of aliphatic hydroxyl groups excluding tert-OH is 1. The second-order valence-corrected chi connectivity index (χ2v) is 4.81. The maximum Gasteiger partial charge on any atom is 0.128 e. The molecule has 2 heterocycles. The Morgan fingerprint density at radius 1 is 1.37 bits per heavy atom. The van der Waals surface area contributed by atoms with E-state index in [4.69, 9.17) is 0 Å². The molecule has 0 fully saturated rings. The van der Waals surface area contributed by atoms with Crippen molar-refractivity contribution in [2.24, 2.45) is 5.92 Å². The van der Waals surface area contributed by atoms with Gasteiger partial charge in [-0.2, -0.15) is 0 Å². The molecule has 19 heavy (non-hydrogen) atoms. The lowest BCUT2D eigenvalue weighted by Gasteiger charge is -2.27. The van der Waals surface area contributed by atoms with E-state index in [1.54, 1.807) is 0 Å². The number of rotatable bonds is 3. The van der Waals surface area contributed by atoms with Crippen LogP contribution in [0.2, 0.25) is 0 Å². The van der Waals surface area contributed by atoms with Crippen molar-refractivity contribution in [1.29, 1.82) is 0 Å². The van der Waals surface area contributed by atoms with Crippen LogP contribution < -0.4 is 5.32 Å². The highest BCUT2D eigenvalue weighted by Crippen LogP contribution is 2.29. The highest BCUT2D eigenvalue weighted by Gasteiger charge is 2.23. The summed E-state index contributed by atoms with van der Waals surface area (Å²) in [6.07, 6.45) is 4.80. The zero-order chi connectivity index (χ0) is 13.2. The Kier molecular flexibility index (Phi) is 3.19. The van der Waals surface area contributed by atoms with Gasteiger partial charge in [0.25, 0.3) is 0 Å². The molecule has 0 amide bonds. The van der Waals surface area contributed by atoms with Gasteiger partial charge in [-0.15, -0.1) is 0 Å². The fourth-order valence-corrected chi connectivity index (χ4v) is 2.65. The number of hydrogen-bond acceptors (Lipinski definition) is 3. The Morgan fingerprint density at radius 2 is 2.26 bits per heavy atom. The van der Waals surface area contributed by atoms with Crippen molar-refractivity contribution in [3.05, 3.63) is 42.1 Å². The SMILES string of the molecule is O=CC1C=C(c2cccc3cc[nH]c23)C(CO)NC1. The van der Waals surface area contributed by atoms with Crippen LogP contribution in [0, 0.1) is 5.92 Å². The first-order valence-corrected chi connectivity index (χ1v) is 6.41. The van der Waals surface area contributed by atoms with E-state index < -0.39 is 0 Å². The number of aromatic amines is 1. The number of nitrogens with one attached hydrogen (secondary N) is 2. The molecule has 0 saturated heterocycles. The van der Waals surface area contributed by atoms with Gasteiger partial charge >= 0.3 is 0 Å². The fraction of sp³-hybridized carbons (Fsp3) is 0.267. The summed E-state index contributed by atoms with van der Waals surface area (Å²) in [6.45, 7) is 0.605. The van der Waals surface area contributed by atoms with E-state index in [2.05, 4.69) is 10.3 Å². The number of benzene rings is 1. The van der Waals surface area contributed by atoms with E-state index in [0.29, 0.717) is 6.54 Å². The van der Waals surface area contributed by atoms with Gasteiger partial charge in [-0.25, -0.2) is 0 Å². The molecular formula is C15H16N2O2. The standard InChI is InChI=1S/C15H16N2O2/c18-8-10-6-13(14(9-19)17-7-10)12-3-1-2-11-4-5-16-15(11)12/h1-6,8,10,14,16-17,19H,7,9H2. The molecule has 2 aromatic rings. The Balaban J connectivity index is 2.14. The number of aromatic nitrogens is 1. The van der Waals surface area contributed by atoms with Gasteiger partial charge in [0, 0.05) is 24.2 Å². The topological polar surface area (TPSA) is 65.1 Å².